The minimum atomic E-state index is -0.0172. The third-order valence-electron chi connectivity index (χ3n) is 2.86. The highest BCUT2D eigenvalue weighted by atomic mass is 35.5. The molecule has 0 N–H and O–H groups in total. The van der Waals surface area contributed by atoms with Crippen LogP contribution in [0.3, 0.4) is 0 Å². The first-order valence-corrected chi connectivity index (χ1v) is 6.62. The Bertz CT molecular complexity index is 176. The third-order valence-corrected chi connectivity index (χ3v) is 3.13. The average Bonchev–Trinajstić information content (AvgIpc) is 2.26. The van der Waals surface area contributed by atoms with E-state index in [0.717, 1.165) is 32.1 Å². The minimum Gasteiger partial charge on any atom is -0.462 e. The van der Waals surface area contributed by atoms with Crippen molar-refractivity contribution in [2.24, 2.45) is 0 Å². The number of hydrogen-bond donors (Lipinski definition) is 0. The number of carbonyl (C=O) groups is 1. The van der Waals surface area contributed by atoms with Gasteiger partial charge in [0, 0.05) is 12.3 Å². The molecule has 88 valence electrons. The molecule has 0 unspecified atom stereocenters. The van der Waals surface area contributed by atoms with Crippen molar-refractivity contribution in [3.8, 4) is 0 Å². The molecule has 15 heavy (non-hydrogen) atoms. The van der Waals surface area contributed by atoms with E-state index in [4.69, 9.17) is 16.3 Å². The lowest BCUT2D eigenvalue weighted by Crippen LogP contribution is -2.20. The van der Waals surface area contributed by atoms with Gasteiger partial charge in [0.25, 0.3) is 0 Å². The van der Waals surface area contributed by atoms with E-state index in [0.29, 0.717) is 12.3 Å². The summed E-state index contributed by atoms with van der Waals surface area (Å²) >= 11 is 5.56. The predicted octanol–water partition coefficient (Wildman–Crippen LogP) is 3.66. The summed E-state index contributed by atoms with van der Waals surface area (Å²) in [7, 11) is 0. The summed E-state index contributed by atoms with van der Waals surface area (Å²) in [5, 5.41) is 0. The molecule has 1 aliphatic carbocycles. The molecular formula is C12H21ClO2. The van der Waals surface area contributed by atoms with Crippen LogP contribution in [0.4, 0.5) is 0 Å². The zero-order valence-electron chi connectivity index (χ0n) is 9.34. The van der Waals surface area contributed by atoms with E-state index in [1.54, 1.807) is 0 Å². The highest BCUT2D eigenvalue weighted by Gasteiger charge is 2.16. The lowest BCUT2D eigenvalue weighted by atomic mass is 9.98. The van der Waals surface area contributed by atoms with E-state index in [2.05, 4.69) is 0 Å². The molecule has 0 amide bonds. The fourth-order valence-electron chi connectivity index (χ4n) is 1.97. The van der Waals surface area contributed by atoms with E-state index in [1.165, 1.54) is 19.3 Å². The lowest BCUT2D eigenvalue weighted by Gasteiger charge is -2.21. The fraction of sp³-hybridized carbons (Fsp3) is 0.917. The highest BCUT2D eigenvalue weighted by Crippen LogP contribution is 2.20. The van der Waals surface area contributed by atoms with E-state index in [9.17, 15) is 4.79 Å². The molecule has 0 radical (unpaired) electrons. The summed E-state index contributed by atoms with van der Waals surface area (Å²) in [6.45, 7) is 0. The van der Waals surface area contributed by atoms with Gasteiger partial charge in [-0.25, -0.2) is 0 Å². The maximum Gasteiger partial charge on any atom is 0.306 e. The molecule has 0 atom stereocenters. The van der Waals surface area contributed by atoms with Crippen molar-refractivity contribution in [2.45, 2.75) is 63.9 Å². The molecule has 1 rings (SSSR count). The number of hydrogen-bond acceptors (Lipinski definition) is 2. The number of unbranched alkanes of at least 4 members (excludes halogenated alkanes) is 2. The number of esters is 1. The Morgan fingerprint density at radius 2 is 1.87 bits per heavy atom. The van der Waals surface area contributed by atoms with Gasteiger partial charge in [0.05, 0.1) is 0 Å². The molecule has 0 aliphatic heterocycles. The summed E-state index contributed by atoms with van der Waals surface area (Å²) in [5.74, 6) is 0.675. The van der Waals surface area contributed by atoms with Crippen molar-refractivity contribution in [1.29, 1.82) is 0 Å². The van der Waals surface area contributed by atoms with E-state index in [1.807, 2.05) is 0 Å². The number of rotatable bonds is 6. The van der Waals surface area contributed by atoms with Gasteiger partial charge in [0.1, 0.15) is 6.10 Å². The molecule has 0 bridgehead atoms. The standard InChI is InChI=1S/C12H21ClO2/c13-10-6-2-5-9-12(14)15-11-7-3-1-4-8-11/h11H,1-10H2. The molecule has 1 aliphatic rings. The normalized spacial score (nSPS) is 17.7. The Balaban J connectivity index is 2.01. The van der Waals surface area contributed by atoms with Crippen LogP contribution in [0.15, 0.2) is 0 Å². The van der Waals surface area contributed by atoms with E-state index >= 15 is 0 Å². The summed E-state index contributed by atoms with van der Waals surface area (Å²) in [6, 6.07) is 0. The first kappa shape index (κ1) is 12.8. The van der Waals surface area contributed by atoms with Crippen molar-refractivity contribution in [2.75, 3.05) is 5.88 Å². The molecule has 1 fully saturated rings. The van der Waals surface area contributed by atoms with Crippen LogP contribution in [0.25, 0.3) is 0 Å². The second-order valence-corrected chi connectivity index (χ2v) is 4.63. The van der Waals surface area contributed by atoms with Crippen molar-refractivity contribution in [1.82, 2.24) is 0 Å². The van der Waals surface area contributed by atoms with Crippen molar-refractivity contribution < 1.29 is 9.53 Å². The van der Waals surface area contributed by atoms with Gasteiger partial charge in [-0.15, -0.1) is 11.6 Å². The zero-order valence-corrected chi connectivity index (χ0v) is 10.1. The van der Waals surface area contributed by atoms with Gasteiger partial charge in [0.15, 0.2) is 0 Å². The van der Waals surface area contributed by atoms with Gasteiger partial charge in [-0.05, 0) is 38.5 Å². The maximum atomic E-state index is 11.4. The highest BCUT2D eigenvalue weighted by molar-refractivity contribution is 6.17. The van der Waals surface area contributed by atoms with Crippen LogP contribution in [-0.2, 0) is 9.53 Å². The maximum absolute atomic E-state index is 11.4. The lowest BCUT2D eigenvalue weighted by molar-refractivity contribution is -0.150. The molecule has 0 aromatic heterocycles. The van der Waals surface area contributed by atoms with Crippen LogP contribution >= 0.6 is 11.6 Å². The Hall–Kier alpha value is -0.240. The first-order valence-electron chi connectivity index (χ1n) is 6.08. The largest absolute Gasteiger partial charge is 0.462 e. The minimum absolute atomic E-state index is 0.0172. The number of carbonyl (C=O) groups excluding carboxylic acids is 1. The molecular weight excluding hydrogens is 212 g/mol. The van der Waals surface area contributed by atoms with Gasteiger partial charge in [-0.3, -0.25) is 4.79 Å². The SMILES string of the molecule is O=C(CCCCCCl)OC1CCCCC1. The van der Waals surface area contributed by atoms with Crippen LogP contribution < -0.4 is 0 Å². The number of alkyl halides is 1. The monoisotopic (exact) mass is 232 g/mol. The molecule has 0 aromatic carbocycles. The van der Waals surface area contributed by atoms with Gasteiger partial charge in [-0.2, -0.15) is 0 Å². The molecule has 2 nitrogen and oxygen atoms in total. The third kappa shape index (κ3) is 6.03. The zero-order chi connectivity index (χ0) is 10.9. The van der Waals surface area contributed by atoms with Gasteiger partial charge in [0.2, 0.25) is 0 Å². The van der Waals surface area contributed by atoms with Crippen LogP contribution in [0, 0.1) is 0 Å². The Morgan fingerprint density at radius 1 is 1.13 bits per heavy atom. The summed E-state index contributed by atoms with van der Waals surface area (Å²) in [4.78, 5) is 11.4. The fourth-order valence-corrected chi connectivity index (χ4v) is 2.16. The Kier molecular flexibility index (Phi) is 6.82. The molecule has 1 saturated carbocycles. The number of ether oxygens (including phenoxy) is 1. The summed E-state index contributed by atoms with van der Waals surface area (Å²) < 4.78 is 5.40. The second kappa shape index (κ2) is 7.98. The summed E-state index contributed by atoms with van der Waals surface area (Å²) in [6.07, 6.45) is 9.56. The quantitative estimate of drug-likeness (QED) is 0.397. The smallest absolute Gasteiger partial charge is 0.306 e. The van der Waals surface area contributed by atoms with Crippen LogP contribution in [0.1, 0.15) is 57.8 Å². The van der Waals surface area contributed by atoms with Crippen molar-refractivity contribution >= 4 is 17.6 Å². The molecule has 3 heteroatoms. The molecule has 0 aromatic rings. The van der Waals surface area contributed by atoms with Crippen LogP contribution in [-0.4, -0.2) is 18.0 Å². The molecule has 0 spiro atoms. The molecule has 0 heterocycles. The average molecular weight is 233 g/mol. The van der Waals surface area contributed by atoms with Crippen LogP contribution in [0.2, 0.25) is 0 Å². The number of halogens is 1. The van der Waals surface area contributed by atoms with Crippen molar-refractivity contribution in [3.05, 3.63) is 0 Å². The topological polar surface area (TPSA) is 26.3 Å². The van der Waals surface area contributed by atoms with Gasteiger partial charge in [-0.1, -0.05) is 12.8 Å². The van der Waals surface area contributed by atoms with E-state index in [-0.39, 0.29) is 12.1 Å². The first-order chi connectivity index (χ1) is 7.33. The Morgan fingerprint density at radius 3 is 2.53 bits per heavy atom. The second-order valence-electron chi connectivity index (χ2n) is 4.25. The Labute approximate surface area is 97.3 Å². The summed E-state index contributed by atoms with van der Waals surface area (Å²) in [5.41, 5.74) is 0. The predicted molar refractivity (Wildman–Crippen MR) is 62.2 cm³/mol. The van der Waals surface area contributed by atoms with E-state index < -0.39 is 0 Å². The van der Waals surface area contributed by atoms with Crippen LogP contribution in [0.5, 0.6) is 0 Å². The van der Waals surface area contributed by atoms with Crippen molar-refractivity contribution in [3.63, 3.8) is 0 Å². The van der Waals surface area contributed by atoms with Gasteiger partial charge < -0.3 is 4.74 Å². The van der Waals surface area contributed by atoms with Gasteiger partial charge >= 0.3 is 5.97 Å². The molecule has 0 saturated heterocycles.